The summed E-state index contributed by atoms with van der Waals surface area (Å²) in [4.78, 5) is 0. The molecule has 0 amide bonds. The zero-order valence-electron chi connectivity index (χ0n) is 8.97. The SMILES string of the molecule is CCC(OC(CO)CO)c1ccccc1. The van der Waals surface area contributed by atoms with Gasteiger partial charge in [0.15, 0.2) is 0 Å². The quantitative estimate of drug-likeness (QED) is 0.748. The molecule has 84 valence electrons. The molecule has 0 bridgehead atoms. The van der Waals surface area contributed by atoms with E-state index in [1.807, 2.05) is 37.3 Å². The van der Waals surface area contributed by atoms with E-state index in [4.69, 9.17) is 14.9 Å². The molecule has 0 radical (unpaired) electrons. The first-order valence-corrected chi connectivity index (χ1v) is 5.24. The first kappa shape index (κ1) is 12.2. The van der Waals surface area contributed by atoms with Crippen LogP contribution in [-0.2, 0) is 4.74 Å². The lowest BCUT2D eigenvalue weighted by Gasteiger charge is -2.21. The van der Waals surface area contributed by atoms with E-state index >= 15 is 0 Å². The van der Waals surface area contributed by atoms with Crippen LogP contribution in [0.4, 0.5) is 0 Å². The fraction of sp³-hybridized carbons (Fsp3) is 0.500. The highest BCUT2D eigenvalue weighted by atomic mass is 16.5. The largest absolute Gasteiger partial charge is 0.394 e. The van der Waals surface area contributed by atoms with Crippen LogP contribution in [0, 0.1) is 0 Å². The van der Waals surface area contributed by atoms with E-state index < -0.39 is 6.10 Å². The summed E-state index contributed by atoms with van der Waals surface area (Å²) in [6.45, 7) is 1.71. The molecule has 3 nitrogen and oxygen atoms in total. The van der Waals surface area contributed by atoms with Gasteiger partial charge in [0.1, 0.15) is 6.10 Å². The third-order valence-electron chi connectivity index (χ3n) is 2.31. The minimum absolute atomic E-state index is 0.0597. The maximum atomic E-state index is 8.93. The smallest absolute Gasteiger partial charge is 0.104 e. The van der Waals surface area contributed by atoms with E-state index in [0.29, 0.717) is 0 Å². The van der Waals surface area contributed by atoms with E-state index in [9.17, 15) is 0 Å². The minimum Gasteiger partial charge on any atom is -0.394 e. The third kappa shape index (κ3) is 3.63. The fourth-order valence-corrected chi connectivity index (χ4v) is 1.45. The lowest BCUT2D eigenvalue weighted by Crippen LogP contribution is -2.24. The van der Waals surface area contributed by atoms with Gasteiger partial charge in [-0.15, -0.1) is 0 Å². The molecule has 1 aromatic rings. The van der Waals surface area contributed by atoms with Crippen LogP contribution in [0.3, 0.4) is 0 Å². The average Bonchev–Trinajstić information content (AvgIpc) is 2.32. The van der Waals surface area contributed by atoms with Gasteiger partial charge in [-0.2, -0.15) is 0 Å². The van der Waals surface area contributed by atoms with Gasteiger partial charge < -0.3 is 14.9 Å². The van der Waals surface area contributed by atoms with E-state index in [1.54, 1.807) is 0 Å². The highest BCUT2D eigenvalue weighted by Gasteiger charge is 2.15. The third-order valence-corrected chi connectivity index (χ3v) is 2.31. The molecule has 1 unspecified atom stereocenters. The molecule has 0 saturated carbocycles. The molecule has 2 N–H and O–H groups in total. The molecule has 3 heteroatoms. The number of hydrogen-bond acceptors (Lipinski definition) is 3. The van der Waals surface area contributed by atoms with E-state index in [-0.39, 0.29) is 19.3 Å². The Morgan fingerprint density at radius 3 is 2.20 bits per heavy atom. The zero-order chi connectivity index (χ0) is 11.1. The number of aliphatic hydroxyl groups excluding tert-OH is 2. The Kier molecular flexibility index (Phi) is 5.32. The van der Waals surface area contributed by atoms with Gasteiger partial charge in [-0.1, -0.05) is 37.3 Å². The minimum atomic E-state index is -0.491. The Labute approximate surface area is 90.3 Å². The number of aliphatic hydroxyl groups is 2. The molecule has 0 fully saturated rings. The highest BCUT2D eigenvalue weighted by Crippen LogP contribution is 2.21. The summed E-state index contributed by atoms with van der Waals surface area (Å²) in [6, 6.07) is 9.83. The van der Waals surface area contributed by atoms with Gasteiger partial charge in [0, 0.05) is 0 Å². The van der Waals surface area contributed by atoms with Gasteiger partial charge in [0.05, 0.1) is 19.3 Å². The summed E-state index contributed by atoms with van der Waals surface area (Å²) < 4.78 is 5.58. The van der Waals surface area contributed by atoms with Crippen LogP contribution in [0.2, 0.25) is 0 Å². The van der Waals surface area contributed by atoms with Crippen molar-refractivity contribution in [3.8, 4) is 0 Å². The molecule has 0 spiro atoms. The molecular formula is C12H18O3. The summed E-state index contributed by atoms with van der Waals surface area (Å²) in [6.07, 6.45) is 0.270. The van der Waals surface area contributed by atoms with Gasteiger partial charge in [0.2, 0.25) is 0 Å². The lowest BCUT2D eigenvalue weighted by molar-refractivity contribution is -0.0658. The van der Waals surface area contributed by atoms with Crippen LogP contribution in [-0.4, -0.2) is 29.5 Å². The van der Waals surface area contributed by atoms with Crippen molar-refractivity contribution in [3.63, 3.8) is 0 Å². The molecule has 1 atom stereocenters. The van der Waals surface area contributed by atoms with Crippen molar-refractivity contribution in [2.45, 2.75) is 25.6 Å². The zero-order valence-corrected chi connectivity index (χ0v) is 8.97. The van der Waals surface area contributed by atoms with Crippen LogP contribution in [0.15, 0.2) is 30.3 Å². The molecule has 1 rings (SSSR count). The van der Waals surface area contributed by atoms with Crippen molar-refractivity contribution in [2.24, 2.45) is 0 Å². The van der Waals surface area contributed by atoms with Crippen molar-refractivity contribution < 1.29 is 14.9 Å². The molecule has 0 heterocycles. The Balaban J connectivity index is 2.64. The second kappa shape index (κ2) is 6.56. The second-order valence-electron chi connectivity index (χ2n) is 3.43. The number of hydrogen-bond donors (Lipinski definition) is 2. The predicted molar refractivity (Wildman–Crippen MR) is 58.5 cm³/mol. The number of rotatable bonds is 6. The summed E-state index contributed by atoms with van der Waals surface area (Å²) in [5, 5.41) is 17.9. The van der Waals surface area contributed by atoms with Gasteiger partial charge >= 0.3 is 0 Å². The topological polar surface area (TPSA) is 49.7 Å². The van der Waals surface area contributed by atoms with Gasteiger partial charge in [0.25, 0.3) is 0 Å². The first-order valence-electron chi connectivity index (χ1n) is 5.24. The molecule has 0 aliphatic rings. The summed E-state index contributed by atoms with van der Waals surface area (Å²) >= 11 is 0. The predicted octanol–water partition coefficient (Wildman–Crippen LogP) is 1.51. The van der Waals surface area contributed by atoms with Crippen LogP contribution < -0.4 is 0 Å². The Morgan fingerprint density at radius 2 is 1.73 bits per heavy atom. The summed E-state index contributed by atoms with van der Waals surface area (Å²) in [5.41, 5.74) is 1.08. The van der Waals surface area contributed by atoms with Crippen LogP contribution in [0.1, 0.15) is 25.0 Å². The molecule has 0 aliphatic heterocycles. The van der Waals surface area contributed by atoms with E-state index in [2.05, 4.69) is 0 Å². The normalized spacial score (nSPS) is 13.1. The van der Waals surface area contributed by atoms with Crippen molar-refractivity contribution in [3.05, 3.63) is 35.9 Å². The fourth-order valence-electron chi connectivity index (χ4n) is 1.45. The second-order valence-corrected chi connectivity index (χ2v) is 3.43. The molecule has 0 aromatic heterocycles. The number of benzene rings is 1. The highest BCUT2D eigenvalue weighted by molar-refractivity contribution is 5.17. The van der Waals surface area contributed by atoms with Crippen molar-refractivity contribution in [2.75, 3.05) is 13.2 Å². The lowest BCUT2D eigenvalue weighted by atomic mass is 10.1. The monoisotopic (exact) mass is 210 g/mol. The molecule has 15 heavy (non-hydrogen) atoms. The maximum Gasteiger partial charge on any atom is 0.104 e. The first-order chi connectivity index (χ1) is 7.31. The van der Waals surface area contributed by atoms with E-state index in [1.165, 1.54) is 0 Å². The average molecular weight is 210 g/mol. The Hall–Kier alpha value is -0.900. The molecule has 0 aliphatic carbocycles. The summed E-state index contributed by atoms with van der Waals surface area (Å²) in [7, 11) is 0. The molecule has 1 aromatic carbocycles. The van der Waals surface area contributed by atoms with Gasteiger partial charge in [-0.3, -0.25) is 0 Å². The van der Waals surface area contributed by atoms with Crippen LogP contribution >= 0.6 is 0 Å². The van der Waals surface area contributed by atoms with Crippen molar-refractivity contribution >= 4 is 0 Å². The maximum absolute atomic E-state index is 8.93. The Bertz CT molecular complexity index is 257. The van der Waals surface area contributed by atoms with Crippen LogP contribution in [0.25, 0.3) is 0 Å². The Morgan fingerprint density at radius 1 is 1.13 bits per heavy atom. The van der Waals surface area contributed by atoms with Gasteiger partial charge in [-0.25, -0.2) is 0 Å². The van der Waals surface area contributed by atoms with Crippen LogP contribution in [0.5, 0.6) is 0 Å². The standard InChI is InChI=1S/C12H18O3/c1-2-12(15-11(8-13)9-14)10-6-4-3-5-7-10/h3-7,11-14H,2,8-9H2,1H3. The van der Waals surface area contributed by atoms with E-state index in [0.717, 1.165) is 12.0 Å². The molecular weight excluding hydrogens is 192 g/mol. The molecule has 0 saturated heterocycles. The van der Waals surface area contributed by atoms with Crippen molar-refractivity contribution in [1.29, 1.82) is 0 Å². The number of ether oxygens (including phenoxy) is 1. The van der Waals surface area contributed by atoms with Crippen molar-refractivity contribution in [1.82, 2.24) is 0 Å². The van der Waals surface area contributed by atoms with Gasteiger partial charge in [-0.05, 0) is 12.0 Å². The summed E-state index contributed by atoms with van der Waals surface area (Å²) in [5.74, 6) is 0.